The van der Waals surface area contributed by atoms with Crippen LogP contribution in [0.4, 0.5) is 0 Å². The largest absolute Gasteiger partial charge is 0.368 e. The third kappa shape index (κ3) is 1.31. The van der Waals surface area contributed by atoms with E-state index >= 15 is 0 Å². The number of rotatable bonds is 2. The van der Waals surface area contributed by atoms with Gasteiger partial charge >= 0.3 is 0 Å². The Bertz CT molecular complexity index is 561. The molecule has 2 nitrogen and oxygen atoms in total. The van der Waals surface area contributed by atoms with E-state index in [0.29, 0.717) is 0 Å². The zero-order chi connectivity index (χ0) is 14.8. The lowest BCUT2D eigenvalue weighted by atomic mass is 9.47. The molecule has 0 amide bonds. The number of hydrogen-bond donors (Lipinski definition) is 1. The summed E-state index contributed by atoms with van der Waals surface area (Å²) in [5.74, 6) is 0. The minimum atomic E-state index is -1.00. The van der Waals surface area contributed by atoms with E-state index in [1.807, 2.05) is 41.7 Å². The van der Waals surface area contributed by atoms with Gasteiger partial charge in [0.2, 0.25) is 0 Å². The van der Waals surface area contributed by atoms with E-state index in [1.165, 1.54) is 0 Å². The molecule has 20 heavy (non-hydrogen) atoms. The van der Waals surface area contributed by atoms with Crippen LogP contribution in [0.2, 0.25) is 0 Å². The maximum Gasteiger partial charge on any atom is 0.171 e. The molecule has 0 saturated heterocycles. The number of thioether (sulfide) groups is 2. The molecule has 0 aromatic heterocycles. The first-order chi connectivity index (χ1) is 9.23. The van der Waals surface area contributed by atoms with Crippen LogP contribution >= 0.6 is 23.5 Å². The van der Waals surface area contributed by atoms with Gasteiger partial charge in [-0.1, -0.05) is 69.8 Å². The van der Waals surface area contributed by atoms with E-state index in [4.69, 9.17) is 4.99 Å². The maximum atomic E-state index is 11.2. The zero-order valence-corrected chi connectivity index (χ0v) is 14.2. The van der Waals surface area contributed by atoms with E-state index in [2.05, 4.69) is 46.1 Å². The van der Waals surface area contributed by atoms with E-state index in [-0.39, 0.29) is 14.9 Å². The Morgan fingerprint density at radius 3 is 2.10 bits per heavy atom. The smallest absolute Gasteiger partial charge is 0.171 e. The number of aliphatic hydroxyl groups is 1. The quantitative estimate of drug-likeness (QED) is 0.896. The molecule has 2 heterocycles. The highest BCUT2D eigenvalue weighted by Crippen LogP contribution is 2.80. The Balaban J connectivity index is 2.16. The molecule has 0 unspecified atom stereocenters. The normalized spacial score (nSPS) is 37.0. The molecule has 1 saturated carbocycles. The van der Waals surface area contributed by atoms with Crippen molar-refractivity contribution in [3.05, 3.63) is 35.9 Å². The molecule has 108 valence electrons. The van der Waals surface area contributed by atoms with Crippen molar-refractivity contribution in [3.63, 3.8) is 0 Å². The SMILES string of the molecule is CSC12SC(c3ccccc3)=NC(O)(C1(C)C)C2(C)C. The summed E-state index contributed by atoms with van der Waals surface area (Å²) in [6.07, 6.45) is 2.14. The Morgan fingerprint density at radius 1 is 1.05 bits per heavy atom. The van der Waals surface area contributed by atoms with Gasteiger partial charge in [-0.05, 0) is 6.26 Å². The van der Waals surface area contributed by atoms with Crippen molar-refractivity contribution in [2.45, 2.75) is 37.5 Å². The second kappa shape index (κ2) is 4.05. The van der Waals surface area contributed by atoms with Gasteiger partial charge in [-0.3, -0.25) is 0 Å². The van der Waals surface area contributed by atoms with Crippen molar-refractivity contribution in [2.24, 2.45) is 15.8 Å². The standard InChI is InChI=1S/C16H21NOS2/c1-13(2)15(18)14(3,4)16(13,19-5)20-12(17-15)11-9-7-6-8-10-11/h6-10,18H,1-5H3. The molecule has 2 aliphatic heterocycles. The predicted octanol–water partition coefficient (Wildman–Crippen LogP) is 3.99. The van der Waals surface area contributed by atoms with E-state index in [1.54, 1.807) is 0 Å². The lowest BCUT2D eigenvalue weighted by Crippen LogP contribution is -2.82. The van der Waals surface area contributed by atoms with Crippen LogP contribution in [-0.2, 0) is 0 Å². The van der Waals surface area contributed by atoms with Crippen LogP contribution in [-0.4, -0.2) is 26.2 Å². The van der Waals surface area contributed by atoms with Gasteiger partial charge in [0.25, 0.3) is 0 Å². The zero-order valence-electron chi connectivity index (χ0n) is 12.6. The monoisotopic (exact) mass is 307 g/mol. The second-order valence-electron chi connectivity index (χ2n) is 6.63. The van der Waals surface area contributed by atoms with Crippen LogP contribution < -0.4 is 0 Å². The molecule has 1 aromatic rings. The minimum Gasteiger partial charge on any atom is -0.368 e. The van der Waals surface area contributed by atoms with Crippen molar-refractivity contribution in [3.8, 4) is 0 Å². The fraction of sp³-hybridized carbons (Fsp3) is 0.562. The summed E-state index contributed by atoms with van der Waals surface area (Å²) in [6.45, 7) is 8.53. The van der Waals surface area contributed by atoms with Crippen LogP contribution in [0.5, 0.6) is 0 Å². The Hall–Kier alpha value is -0.450. The van der Waals surface area contributed by atoms with E-state index < -0.39 is 5.72 Å². The highest BCUT2D eigenvalue weighted by molar-refractivity contribution is 8.26. The number of nitrogens with zero attached hydrogens (tertiary/aromatic N) is 1. The fourth-order valence-electron chi connectivity index (χ4n) is 4.06. The molecule has 1 aromatic carbocycles. The summed E-state index contributed by atoms with van der Waals surface area (Å²) < 4.78 is -0.0539. The van der Waals surface area contributed by atoms with Crippen molar-refractivity contribution in [2.75, 3.05) is 6.26 Å². The molecule has 3 aliphatic rings. The van der Waals surface area contributed by atoms with Crippen LogP contribution in [0.15, 0.2) is 35.3 Å². The summed E-state index contributed by atoms with van der Waals surface area (Å²) in [5.41, 5.74) is -0.391. The second-order valence-corrected chi connectivity index (χ2v) is 9.11. The fourth-order valence-corrected chi connectivity index (χ4v) is 7.43. The average Bonchev–Trinajstić information content (AvgIpc) is 2.42. The van der Waals surface area contributed by atoms with Crippen LogP contribution in [0.3, 0.4) is 0 Å². The third-order valence-electron chi connectivity index (χ3n) is 5.20. The van der Waals surface area contributed by atoms with Gasteiger partial charge in [0.15, 0.2) is 5.72 Å². The summed E-state index contributed by atoms with van der Waals surface area (Å²) >= 11 is 3.67. The molecular formula is C16H21NOS2. The topological polar surface area (TPSA) is 32.6 Å². The lowest BCUT2D eigenvalue weighted by molar-refractivity contribution is -0.245. The molecule has 0 spiro atoms. The highest BCUT2D eigenvalue weighted by atomic mass is 32.2. The molecule has 1 aliphatic carbocycles. The van der Waals surface area contributed by atoms with Gasteiger partial charge in [0.1, 0.15) is 5.04 Å². The van der Waals surface area contributed by atoms with Crippen molar-refractivity contribution in [1.29, 1.82) is 0 Å². The molecule has 4 rings (SSSR count). The van der Waals surface area contributed by atoms with E-state index in [0.717, 1.165) is 10.6 Å². The minimum absolute atomic E-state index is 0.0539. The molecule has 0 atom stereocenters. The molecule has 0 radical (unpaired) electrons. The first kappa shape index (κ1) is 14.5. The van der Waals surface area contributed by atoms with Gasteiger partial charge in [0, 0.05) is 16.4 Å². The van der Waals surface area contributed by atoms with Gasteiger partial charge in [-0.2, -0.15) is 0 Å². The summed E-state index contributed by atoms with van der Waals surface area (Å²) in [6, 6.07) is 10.2. The van der Waals surface area contributed by atoms with Crippen molar-refractivity contribution < 1.29 is 5.11 Å². The molecule has 1 fully saturated rings. The average molecular weight is 307 g/mol. The first-order valence-electron chi connectivity index (χ1n) is 6.85. The summed E-state index contributed by atoms with van der Waals surface area (Å²) in [5, 5.41) is 12.2. The van der Waals surface area contributed by atoms with Gasteiger partial charge in [0.05, 0.1) is 4.08 Å². The number of aliphatic imine (C=N–C) groups is 1. The third-order valence-corrected chi connectivity index (χ3v) is 9.37. The molecular weight excluding hydrogens is 286 g/mol. The van der Waals surface area contributed by atoms with Gasteiger partial charge in [-0.15, -0.1) is 11.8 Å². The van der Waals surface area contributed by atoms with E-state index in [9.17, 15) is 5.11 Å². The van der Waals surface area contributed by atoms with Crippen LogP contribution in [0.1, 0.15) is 33.3 Å². The van der Waals surface area contributed by atoms with Crippen LogP contribution in [0.25, 0.3) is 0 Å². The Kier molecular flexibility index (Phi) is 2.93. The Morgan fingerprint density at radius 2 is 1.60 bits per heavy atom. The molecule has 2 bridgehead atoms. The maximum absolute atomic E-state index is 11.2. The highest BCUT2D eigenvalue weighted by Gasteiger charge is 2.83. The number of fused-ring (bicyclic) bond motifs is 1. The lowest BCUT2D eigenvalue weighted by Gasteiger charge is -2.75. The Labute approximate surface area is 129 Å². The van der Waals surface area contributed by atoms with Crippen molar-refractivity contribution >= 4 is 28.6 Å². The van der Waals surface area contributed by atoms with Gasteiger partial charge in [-0.25, -0.2) is 4.99 Å². The van der Waals surface area contributed by atoms with Gasteiger partial charge < -0.3 is 5.11 Å². The summed E-state index contributed by atoms with van der Waals surface area (Å²) in [4.78, 5) is 4.77. The predicted molar refractivity (Wildman–Crippen MR) is 89.3 cm³/mol. The molecule has 4 heteroatoms. The van der Waals surface area contributed by atoms with Crippen LogP contribution in [0, 0.1) is 10.8 Å². The molecule has 1 N–H and O–H groups in total. The first-order valence-corrected chi connectivity index (χ1v) is 8.89. The number of benzene rings is 1. The summed E-state index contributed by atoms with van der Waals surface area (Å²) in [7, 11) is 0. The number of hydrogen-bond acceptors (Lipinski definition) is 4. The van der Waals surface area contributed by atoms with Crippen molar-refractivity contribution in [1.82, 2.24) is 0 Å².